The normalized spacial score (nSPS) is 17.2. The molecule has 0 radical (unpaired) electrons. The van der Waals surface area contributed by atoms with E-state index < -0.39 is 11.6 Å². The molecule has 1 aliphatic rings. The Bertz CT molecular complexity index is 611. The minimum absolute atomic E-state index is 0.0300. The zero-order valence-corrected chi connectivity index (χ0v) is 13.3. The topological polar surface area (TPSA) is 87.1 Å². The Morgan fingerprint density at radius 3 is 2.27 bits per heavy atom. The summed E-state index contributed by atoms with van der Waals surface area (Å²) in [6.45, 7) is 0.260. The maximum Gasteiger partial charge on any atom is 0.335 e. The fraction of sp³-hybridized carbons (Fsp3) is 0.429. The lowest BCUT2D eigenvalue weighted by Gasteiger charge is -2.35. The first kappa shape index (κ1) is 16.9. The van der Waals surface area contributed by atoms with E-state index in [1.54, 1.807) is 0 Å². The van der Waals surface area contributed by atoms with Crippen molar-refractivity contribution in [3.8, 4) is 5.75 Å². The molecule has 2 N–H and O–H groups in total. The number of rotatable bonds is 3. The third-order valence-corrected chi connectivity index (χ3v) is 4.47. The van der Waals surface area contributed by atoms with Crippen LogP contribution >= 0.6 is 23.2 Å². The molecule has 0 aromatic heterocycles. The van der Waals surface area contributed by atoms with Crippen LogP contribution in [0.3, 0.4) is 0 Å². The summed E-state index contributed by atoms with van der Waals surface area (Å²) in [5, 5.41) is 19.4. The van der Waals surface area contributed by atoms with Gasteiger partial charge in [0.2, 0.25) is 0 Å². The SMILES string of the molecule is COc1cc(Cl)c(Cl)cc1C(=O)N1CCC(O)(C(=O)O)CC1. The molecular weight excluding hydrogens is 333 g/mol. The maximum atomic E-state index is 12.5. The zero-order chi connectivity index (χ0) is 16.5. The Kier molecular flexibility index (Phi) is 4.84. The fourth-order valence-electron chi connectivity index (χ4n) is 2.33. The molecule has 0 aliphatic carbocycles. The number of ether oxygens (including phenoxy) is 1. The highest BCUT2D eigenvalue weighted by atomic mass is 35.5. The first-order valence-corrected chi connectivity index (χ1v) is 7.32. The Balaban J connectivity index is 2.20. The van der Waals surface area contributed by atoms with Crippen LogP contribution in [0.25, 0.3) is 0 Å². The molecule has 120 valence electrons. The Morgan fingerprint density at radius 2 is 1.77 bits per heavy atom. The smallest absolute Gasteiger partial charge is 0.335 e. The number of methoxy groups -OCH3 is 1. The Morgan fingerprint density at radius 1 is 1.23 bits per heavy atom. The van der Waals surface area contributed by atoms with Crippen molar-refractivity contribution in [2.24, 2.45) is 0 Å². The first-order chi connectivity index (χ1) is 10.3. The van der Waals surface area contributed by atoms with Crippen molar-refractivity contribution < 1.29 is 24.5 Å². The largest absolute Gasteiger partial charge is 0.496 e. The van der Waals surface area contributed by atoms with Crippen molar-refractivity contribution in [2.75, 3.05) is 20.2 Å². The van der Waals surface area contributed by atoms with Gasteiger partial charge in [0.05, 0.1) is 22.7 Å². The van der Waals surface area contributed by atoms with Crippen molar-refractivity contribution in [3.63, 3.8) is 0 Å². The summed E-state index contributed by atoms with van der Waals surface area (Å²) >= 11 is 11.8. The number of aliphatic hydroxyl groups is 1. The van der Waals surface area contributed by atoms with Crippen LogP contribution in [0.5, 0.6) is 5.75 Å². The third kappa shape index (κ3) is 3.14. The molecule has 2 rings (SSSR count). The van der Waals surface area contributed by atoms with Gasteiger partial charge in [-0.2, -0.15) is 0 Å². The molecule has 1 heterocycles. The first-order valence-electron chi connectivity index (χ1n) is 6.56. The van der Waals surface area contributed by atoms with E-state index in [9.17, 15) is 14.7 Å². The minimum atomic E-state index is -1.78. The number of piperidine rings is 1. The van der Waals surface area contributed by atoms with E-state index in [0.29, 0.717) is 5.75 Å². The van der Waals surface area contributed by atoms with E-state index in [0.717, 1.165) is 0 Å². The second-order valence-electron chi connectivity index (χ2n) is 5.10. The van der Waals surface area contributed by atoms with Gasteiger partial charge in [-0.05, 0) is 6.07 Å². The minimum Gasteiger partial charge on any atom is -0.496 e. The van der Waals surface area contributed by atoms with Gasteiger partial charge in [0.25, 0.3) is 5.91 Å². The molecule has 1 fully saturated rings. The monoisotopic (exact) mass is 347 g/mol. The Hall–Kier alpha value is -1.50. The fourth-order valence-corrected chi connectivity index (χ4v) is 2.65. The summed E-state index contributed by atoms with van der Waals surface area (Å²) in [6.07, 6.45) is -0.0601. The van der Waals surface area contributed by atoms with Gasteiger partial charge in [0.15, 0.2) is 5.60 Å². The predicted octanol–water partition coefficient (Wildman–Crippen LogP) is 2.05. The number of halogens is 2. The van der Waals surface area contributed by atoms with E-state index in [4.69, 9.17) is 33.0 Å². The lowest BCUT2D eigenvalue weighted by atomic mass is 9.91. The van der Waals surface area contributed by atoms with Crippen LogP contribution < -0.4 is 4.74 Å². The molecule has 1 aromatic rings. The number of benzene rings is 1. The maximum absolute atomic E-state index is 12.5. The molecule has 1 amide bonds. The molecule has 0 spiro atoms. The number of carboxylic acid groups (broad SMARTS) is 1. The predicted molar refractivity (Wildman–Crippen MR) is 80.7 cm³/mol. The number of amides is 1. The molecule has 8 heteroatoms. The lowest BCUT2D eigenvalue weighted by molar-refractivity contribution is -0.162. The van der Waals surface area contributed by atoms with E-state index >= 15 is 0 Å². The lowest BCUT2D eigenvalue weighted by Crippen LogP contribution is -2.50. The Labute approximate surface area is 137 Å². The van der Waals surface area contributed by atoms with E-state index in [-0.39, 0.29) is 47.4 Å². The summed E-state index contributed by atoms with van der Waals surface area (Å²) in [7, 11) is 1.41. The highest BCUT2D eigenvalue weighted by molar-refractivity contribution is 6.42. The number of hydrogen-bond donors (Lipinski definition) is 2. The molecule has 0 bridgehead atoms. The number of carbonyl (C=O) groups is 2. The van der Waals surface area contributed by atoms with Gasteiger partial charge >= 0.3 is 5.97 Å². The standard InChI is InChI=1S/C14H15Cl2NO5/c1-22-11-7-10(16)9(15)6-8(11)12(18)17-4-2-14(21,3-5-17)13(19)20/h6-7,21H,2-5H2,1H3,(H,19,20). The molecule has 0 atom stereocenters. The van der Waals surface area contributed by atoms with Gasteiger partial charge < -0.3 is 19.8 Å². The van der Waals surface area contributed by atoms with Gasteiger partial charge in [-0.25, -0.2) is 4.79 Å². The molecule has 1 aromatic carbocycles. The van der Waals surface area contributed by atoms with Crippen LogP contribution in [0.1, 0.15) is 23.2 Å². The molecule has 0 unspecified atom stereocenters. The number of aliphatic carboxylic acids is 1. The van der Waals surface area contributed by atoms with Crippen molar-refractivity contribution >= 4 is 35.1 Å². The van der Waals surface area contributed by atoms with Crippen molar-refractivity contribution in [2.45, 2.75) is 18.4 Å². The van der Waals surface area contributed by atoms with E-state index in [1.807, 2.05) is 0 Å². The molecule has 22 heavy (non-hydrogen) atoms. The number of likely N-dealkylation sites (tertiary alicyclic amines) is 1. The third-order valence-electron chi connectivity index (χ3n) is 3.75. The van der Waals surface area contributed by atoms with E-state index in [2.05, 4.69) is 0 Å². The number of nitrogens with zero attached hydrogens (tertiary/aromatic N) is 1. The van der Waals surface area contributed by atoms with Crippen LogP contribution in [0.15, 0.2) is 12.1 Å². The van der Waals surface area contributed by atoms with Gasteiger partial charge in [0.1, 0.15) is 5.75 Å². The van der Waals surface area contributed by atoms with Crippen LogP contribution in [0.2, 0.25) is 10.0 Å². The summed E-state index contributed by atoms with van der Waals surface area (Å²) < 4.78 is 5.14. The molecular formula is C14H15Cl2NO5. The highest BCUT2D eigenvalue weighted by Gasteiger charge is 2.40. The average molecular weight is 348 g/mol. The highest BCUT2D eigenvalue weighted by Crippen LogP contribution is 2.32. The van der Waals surface area contributed by atoms with Gasteiger partial charge in [-0.15, -0.1) is 0 Å². The quantitative estimate of drug-likeness (QED) is 0.873. The number of carboxylic acids is 1. The van der Waals surface area contributed by atoms with Crippen molar-refractivity contribution in [1.82, 2.24) is 4.90 Å². The molecule has 0 saturated carbocycles. The summed E-state index contributed by atoms with van der Waals surface area (Å²) in [5.41, 5.74) is -1.53. The van der Waals surface area contributed by atoms with Crippen LogP contribution in [-0.2, 0) is 4.79 Å². The molecule has 1 saturated heterocycles. The number of carbonyl (C=O) groups excluding carboxylic acids is 1. The van der Waals surface area contributed by atoms with Gasteiger partial charge in [-0.3, -0.25) is 4.79 Å². The van der Waals surface area contributed by atoms with E-state index in [1.165, 1.54) is 24.1 Å². The number of hydrogen-bond acceptors (Lipinski definition) is 4. The summed E-state index contributed by atoms with van der Waals surface area (Å²) in [6, 6.07) is 2.87. The second-order valence-corrected chi connectivity index (χ2v) is 5.91. The molecule has 6 nitrogen and oxygen atoms in total. The van der Waals surface area contributed by atoms with Crippen LogP contribution in [0.4, 0.5) is 0 Å². The summed E-state index contributed by atoms with van der Waals surface area (Å²) in [4.78, 5) is 25.0. The van der Waals surface area contributed by atoms with Crippen molar-refractivity contribution in [1.29, 1.82) is 0 Å². The second kappa shape index (κ2) is 6.32. The molecule has 1 aliphatic heterocycles. The van der Waals surface area contributed by atoms with Crippen LogP contribution in [-0.4, -0.2) is 52.8 Å². The van der Waals surface area contributed by atoms with Crippen molar-refractivity contribution in [3.05, 3.63) is 27.7 Å². The van der Waals surface area contributed by atoms with Gasteiger partial charge in [-0.1, -0.05) is 23.2 Å². The van der Waals surface area contributed by atoms with Crippen LogP contribution in [0, 0.1) is 0 Å². The summed E-state index contributed by atoms with van der Waals surface area (Å²) in [5.74, 6) is -1.33. The zero-order valence-electron chi connectivity index (χ0n) is 11.8. The average Bonchev–Trinajstić information content (AvgIpc) is 2.49. The van der Waals surface area contributed by atoms with Gasteiger partial charge in [0, 0.05) is 32.0 Å².